The summed E-state index contributed by atoms with van der Waals surface area (Å²) in [6, 6.07) is 11.8. The fourth-order valence-electron chi connectivity index (χ4n) is 5.01. The third kappa shape index (κ3) is 5.57. The van der Waals surface area contributed by atoms with E-state index in [1.165, 1.54) is 12.1 Å². The van der Waals surface area contributed by atoms with E-state index in [1.54, 1.807) is 19.9 Å². The third-order valence-corrected chi connectivity index (χ3v) is 7.31. The molecule has 1 fully saturated rings. The summed E-state index contributed by atoms with van der Waals surface area (Å²) in [4.78, 5) is 13.4. The minimum absolute atomic E-state index is 0.0625. The molecule has 2 aromatic carbocycles. The first kappa shape index (κ1) is 28.4. The Kier molecular flexibility index (Phi) is 8.00. The Morgan fingerprint density at radius 3 is 2.42 bits per heavy atom. The Hall–Kier alpha value is -4.59. The van der Waals surface area contributed by atoms with E-state index in [4.69, 9.17) is 15.9 Å². The number of nitrogens with one attached hydrogen (secondary N) is 3. The molecule has 1 spiro atoms. The molecular formula is C32H35FN4O3. The van der Waals surface area contributed by atoms with Crippen LogP contribution in [0.1, 0.15) is 51.2 Å². The second-order valence-corrected chi connectivity index (χ2v) is 10.3. The second-order valence-electron chi connectivity index (χ2n) is 10.3. The van der Waals surface area contributed by atoms with Gasteiger partial charge in [0.15, 0.2) is 0 Å². The Bertz CT molecular complexity index is 1490. The van der Waals surface area contributed by atoms with Crippen LogP contribution in [0.25, 0.3) is 11.1 Å². The number of rotatable bonds is 9. The topological polar surface area (TPSA) is 120 Å². The van der Waals surface area contributed by atoms with Gasteiger partial charge in [-0.3, -0.25) is 4.79 Å². The van der Waals surface area contributed by atoms with Crippen molar-refractivity contribution >= 4 is 28.5 Å². The largest absolute Gasteiger partial charge is 0.515 e. The Balaban J connectivity index is 1.78. The third-order valence-electron chi connectivity index (χ3n) is 7.31. The molecule has 6 N–H and O–H groups in total. The lowest BCUT2D eigenvalue weighted by Crippen LogP contribution is -2.32. The number of anilines is 1. The summed E-state index contributed by atoms with van der Waals surface area (Å²) in [5, 5.41) is 24.1. The molecule has 1 aliphatic carbocycles. The molecule has 4 rings (SSSR count). The van der Waals surface area contributed by atoms with Crippen molar-refractivity contribution < 1.29 is 19.0 Å². The van der Waals surface area contributed by atoms with E-state index in [0.29, 0.717) is 64.0 Å². The number of hydrogen-bond donors (Lipinski definition) is 5. The van der Waals surface area contributed by atoms with E-state index in [0.717, 1.165) is 30.2 Å². The maximum atomic E-state index is 14.1. The van der Waals surface area contributed by atoms with Gasteiger partial charge >= 0.3 is 0 Å². The zero-order valence-corrected chi connectivity index (χ0v) is 23.1. The minimum atomic E-state index is -0.532. The molecule has 0 saturated heterocycles. The summed E-state index contributed by atoms with van der Waals surface area (Å²) in [6.07, 6.45) is 2.91. The van der Waals surface area contributed by atoms with Crippen LogP contribution >= 0.6 is 0 Å². The molecule has 0 radical (unpaired) electrons. The molecule has 1 amide bonds. The monoisotopic (exact) mass is 542 g/mol. The molecule has 2 aromatic rings. The molecule has 0 unspecified atom stereocenters. The Morgan fingerprint density at radius 1 is 1.20 bits per heavy atom. The van der Waals surface area contributed by atoms with Crippen LogP contribution in [0.5, 0.6) is 5.75 Å². The SMILES string of the molecule is C=C(CC)/C(=C\O)C(=O)N/C(C(=C)Nc1ccc(C(C(C)=N)=C(C)N)cc1)=C1/c2ccc(F)cc2OCC12CC2. The van der Waals surface area contributed by atoms with Gasteiger partial charge in [0.2, 0.25) is 0 Å². The van der Waals surface area contributed by atoms with Crippen LogP contribution in [0.4, 0.5) is 10.1 Å². The summed E-state index contributed by atoms with van der Waals surface area (Å²) < 4.78 is 20.0. The number of carbonyl (C=O) groups is 1. The molecule has 1 saturated carbocycles. The molecule has 0 aromatic heterocycles. The van der Waals surface area contributed by atoms with Crippen molar-refractivity contribution in [2.45, 2.75) is 40.0 Å². The summed E-state index contributed by atoms with van der Waals surface area (Å²) in [6.45, 7) is 13.8. The fourth-order valence-corrected chi connectivity index (χ4v) is 5.01. The first-order chi connectivity index (χ1) is 19.0. The van der Waals surface area contributed by atoms with Crippen molar-refractivity contribution in [3.63, 3.8) is 0 Å². The number of amides is 1. The van der Waals surface area contributed by atoms with Gasteiger partial charge < -0.3 is 31.6 Å². The summed E-state index contributed by atoms with van der Waals surface area (Å²) in [7, 11) is 0. The standard InChI is InChI=1S/C32H35FN4O3/c1-6-18(2)26(16-38)31(39)37-30(29-25-12-9-23(33)15-27(25)40-17-32(29)13-14-32)21(5)36-24-10-7-22(8-11-24)28(19(3)34)20(4)35/h7-12,15-16,34,36,38H,2,5-6,13-14,17,35H2,1,3-4H3,(H,37,39)/b26-16+,28-20?,30-29-,34-19?. The van der Waals surface area contributed by atoms with Gasteiger partial charge in [-0.2, -0.15) is 0 Å². The van der Waals surface area contributed by atoms with Crippen molar-refractivity contribution in [1.29, 1.82) is 5.41 Å². The zero-order chi connectivity index (χ0) is 29.2. The molecule has 1 heterocycles. The van der Waals surface area contributed by atoms with Gasteiger partial charge in [-0.05, 0) is 74.1 Å². The van der Waals surface area contributed by atoms with E-state index in [9.17, 15) is 14.3 Å². The number of aliphatic hydroxyl groups excluding tert-OH is 1. The molecule has 2 aliphatic rings. The summed E-state index contributed by atoms with van der Waals surface area (Å²) in [5.41, 5.74) is 11.6. The maximum Gasteiger partial charge on any atom is 0.259 e. The molecule has 40 heavy (non-hydrogen) atoms. The number of aliphatic hydroxyl groups is 1. The highest BCUT2D eigenvalue weighted by Gasteiger charge is 2.52. The van der Waals surface area contributed by atoms with Crippen LogP contribution in [0.2, 0.25) is 0 Å². The molecule has 7 nitrogen and oxygen atoms in total. The van der Waals surface area contributed by atoms with E-state index in [1.807, 2.05) is 31.2 Å². The first-order valence-electron chi connectivity index (χ1n) is 13.1. The molecule has 0 bridgehead atoms. The summed E-state index contributed by atoms with van der Waals surface area (Å²) >= 11 is 0. The van der Waals surface area contributed by atoms with Gasteiger partial charge in [-0.25, -0.2) is 4.39 Å². The molecule has 8 heteroatoms. The van der Waals surface area contributed by atoms with E-state index < -0.39 is 11.7 Å². The van der Waals surface area contributed by atoms with E-state index in [-0.39, 0.29) is 11.0 Å². The Morgan fingerprint density at radius 2 is 1.88 bits per heavy atom. The average Bonchev–Trinajstić information content (AvgIpc) is 3.68. The molecule has 0 atom stereocenters. The van der Waals surface area contributed by atoms with Crippen molar-refractivity contribution in [2.75, 3.05) is 11.9 Å². The predicted molar refractivity (Wildman–Crippen MR) is 158 cm³/mol. The number of allylic oxidation sites excluding steroid dienone is 2. The number of hydrogen-bond acceptors (Lipinski definition) is 6. The van der Waals surface area contributed by atoms with Crippen LogP contribution in [-0.4, -0.2) is 23.3 Å². The first-order valence-corrected chi connectivity index (χ1v) is 13.1. The number of halogens is 1. The number of fused-ring (bicyclic) bond motifs is 1. The van der Waals surface area contributed by atoms with Gasteiger partial charge in [0.05, 0.1) is 29.8 Å². The van der Waals surface area contributed by atoms with Gasteiger partial charge in [-0.15, -0.1) is 0 Å². The minimum Gasteiger partial charge on any atom is -0.515 e. The van der Waals surface area contributed by atoms with Crippen LogP contribution in [0.3, 0.4) is 0 Å². The van der Waals surface area contributed by atoms with Crippen molar-refractivity contribution in [3.05, 3.63) is 107 Å². The normalized spacial score (nSPS) is 17.1. The van der Waals surface area contributed by atoms with Crippen molar-refractivity contribution in [1.82, 2.24) is 5.32 Å². The molecular weight excluding hydrogens is 507 g/mol. The van der Waals surface area contributed by atoms with Crippen molar-refractivity contribution in [2.24, 2.45) is 11.1 Å². The highest BCUT2D eigenvalue weighted by atomic mass is 19.1. The quantitative estimate of drug-likeness (QED) is 0.106. The second kappa shape index (κ2) is 11.3. The number of benzene rings is 2. The smallest absolute Gasteiger partial charge is 0.259 e. The maximum absolute atomic E-state index is 14.1. The lowest BCUT2D eigenvalue weighted by molar-refractivity contribution is -0.116. The zero-order valence-electron chi connectivity index (χ0n) is 23.1. The van der Waals surface area contributed by atoms with Gasteiger partial charge in [-0.1, -0.05) is 32.2 Å². The fraction of sp³-hybridized carbons (Fsp3) is 0.250. The Labute approximate surface area is 234 Å². The summed E-state index contributed by atoms with van der Waals surface area (Å²) in [5.74, 6) is -0.555. The lowest BCUT2D eigenvalue weighted by atomic mass is 9.85. The van der Waals surface area contributed by atoms with Gasteiger partial charge in [0.25, 0.3) is 5.91 Å². The van der Waals surface area contributed by atoms with E-state index in [2.05, 4.69) is 23.8 Å². The number of nitrogens with two attached hydrogens (primary N) is 1. The van der Waals surface area contributed by atoms with Gasteiger partial charge in [0, 0.05) is 39.7 Å². The van der Waals surface area contributed by atoms with Crippen LogP contribution in [-0.2, 0) is 4.79 Å². The van der Waals surface area contributed by atoms with Crippen LogP contribution in [0.15, 0.2) is 90.1 Å². The lowest BCUT2D eigenvalue weighted by Gasteiger charge is -2.32. The number of ether oxygens (including phenoxy) is 1. The van der Waals surface area contributed by atoms with Crippen LogP contribution < -0.4 is 21.1 Å². The predicted octanol–water partition coefficient (Wildman–Crippen LogP) is 6.59. The molecule has 208 valence electrons. The van der Waals surface area contributed by atoms with Crippen molar-refractivity contribution in [3.8, 4) is 5.75 Å². The highest BCUT2D eigenvalue weighted by Crippen LogP contribution is 2.60. The van der Waals surface area contributed by atoms with Gasteiger partial charge in [0.1, 0.15) is 11.6 Å². The average molecular weight is 543 g/mol. The molecule has 1 aliphatic heterocycles. The van der Waals surface area contributed by atoms with Crippen LogP contribution in [0, 0.1) is 16.6 Å². The highest BCUT2D eigenvalue weighted by molar-refractivity contribution is 6.21. The number of carbonyl (C=O) groups excluding carboxylic acids is 1. The van der Waals surface area contributed by atoms with E-state index >= 15 is 0 Å².